The number of carbonyl (C=O) groups excluding carboxylic acids is 2. The van der Waals surface area contributed by atoms with Crippen molar-refractivity contribution in [1.29, 1.82) is 0 Å². The molecule has 6 heteroatoms. The van der Waals surface area contributed by atoms with Crippen molar-refractivity contribution in [2.45, 2.75) is 315 Å². The van der Waals surface area contributed by atoms with Gasteiger partial charge in [-0.05, 0) is 32.1 Å². The Balaban J connectivity index is 0. The van der Waals surface area contributed by atoms with E-state index >= 15 is 0 Å². The summed E-state index contributed by atoms with van der Waals surface area (Å²) >= 11 is 0. The van der Waals surface area contributed by atoms with Gasteiger partial charge in [0.2, 0.25) is 0 Å². The van der Waals surface area contributed by atoms with Gasteiger partial charge in [-0.2, -0.15) is 0 Å². The smallest absolute Gasteiger partial charge is 0.364 e. The quantitative estimate of drug-likeness (QED) is 0.0347. The van der Waals surface area contributed by atoms with E-state index < -0.39 is 0 Å². The van der Waals surface area contributed by atoms with Crippen LogP contribution in [0.5, 0.6) is 0 Å². The zero-order valence-electron chi connectivity index (χ0n) is 42.4. The molecule has 0 spiro atoms. The Labute approximate surface area is 389 Å². The van der Waals surface area contributed by atoms with E-state index in [4.69, 9.17) is 9.47 Å². The fraction of sp³-hybridized carbons (Fsp3) is 0.964. The molecular formula is C55H110ClNO4. The number of carbonyl (C=O) groups is 2. The molecule has 0 aromatic heterocycles. The summed E-state index contributed by atoms with van der Waals surface area (Å²) in [7, 11) is 6.11. The van der Waals surface area contributed by atoms with Crippen molar-refractivity contribution >= 4 is 11.9 Å². The second-order valence-electron chi connectivity index (χ2n) is 20.1. The second-order valence-corrected chi connectivity index (χ2v) is 20.1. The van der Waals surface area contributed by atoms with Crippen LogP contribution in [0.4, 0.5) is 0 Å². The molecule has 0 aromatic carbocycles. The van der Waals surface area contributed by atoms with Crippen LogP contribution in [-0.2, 0) is 19.1 Å². The fourth-order valence-electron chi connectivity index (χ4n) is 8.93. The van der Waals surface area contributed by atoms with Crippen molar-refractivity contribution in [3.8, 4) is 0 Å². The number of rotatable bonds is 49. The third kappa shape index (κ3) is 45.6. The first-order chi connectivity index (χ1) is 29.3. The molecule has 0 amide bonds. The highest BCUT2D eigenvalue weighted by Gasteiger charge is 2.34. The molecule has 1 atom stereocenters. The maximum Gasteiger partial charge on any atom is 0.364 e. The minimum atomic E-state index is -0.357. The molecule has 0 aliphatic rings. The van der Waals surface area contributed by atoms with Gasteiger partial charge in [0.25, 0.3) is 0 Å². The molecule has 5 nitrogen and oxygen atoms in total. The number of quaternary nitrogens is 1. The Hall–Kier alpha value is -0.810. The lowest BCUT2D eigenvalue weighted by Crippen LogP contribution is -3.00. The number of likely N-dealkylation sites (N-methyl/N-ethyl adjacent to an activating group) is 1. The Morgan fingerprint density at radius 2 is 0.639 bits per heavy atom. The average Bonchev–Trinajstić information content (AvgIpc) is 3.22. The van der Waals surface area contributed by atoms with Crippen molar-refractivity contribution in [2.75, 3.05) is 27.7 Å². The van der Waals surface area contributed by atoms with E-state index in [1.54, 1.807) is 0 Å². The third-order valence-electron chi connectivity index (χ3n) is 13.1. The molecule has 0 saturated heterocycles. The Kier molecular flexibility index (Phi) is 49.7. The van der Waals surface area contributed by atoms with Gasteiger partial charge in [0.15, 0.2) is 6.04 Å². The molecular weight excluding hydrogens is 774 g/mol. The lowest BCUT2D eigenvalue weighted by atomic mass is 10.0. The minimum Gasteiger partial charge on any atom is -1.00 e. The molecule has 0 bridgehead atoms. The number of ether oxygens (including phenoxy) is 2. The van der Waals surface area contributed by atoms with Crippen LogP contribution in [0.15, 0.2) is 0 Å². The van der Waals surface area contributed by atoms with E-state index in [0.717, 1.165) is 38.5 Å². The van der Waals surface area contributed by atoms with Crippen LogP contribution in [0.2, 0.25) is 0 Å². The van der Waals surface area contributed by atoms with Gasteiger partial charge in [0.1, 0.15) is 6.10 Å². The summed E-state index contributed by atoms with van der Waals surface area (Å²) < 4.78 is 12.5. The van der Waals surface area contributed by atoms with Crippen LogP contribution in [-0.4, -0.2) is 56.3 Å². The lowest BCUT2D eigenvalue weighted by Gasteiger charge is -2.32. The van der Waals surface area contributed by atoms with Crippen LogP contribution in [0.1, 0.15) is 303 Å². The molecule has 0 N–H and O–H groups in total. The van der Waals surface area contributed by atoms with Gasteiger partial charge in [0.05, 0.1) is 34.2 Å². The number of halogens is 1. The highest BCUT2D eigenvalue weighted by atomic mass is 35.5. The summed E-state index contributed by atoms with van der Waals surface area (Å²) in [5.74, 6) is -0.303. The van der Waals surface area contributed by atoms with Crippen LogP contribution in [0.3, 0.4) is 0 Å². The van der Waals surface area contributed by atoms with Gasteiger partial charge in [-0.25, -0.2) is 4.79 Å². The molecule has 0 heterocycles. The molecule has 61 heavy (non-hydrogen) atoms. The summed E-state index contributed by atoms with van der Waals surface area (Å²) in [5, 5.41) is 0. The predicted molar refractivity (Wildman–Crippen MR) is 263 cm³/mol. The highest BCUT2D eigenvalue weighted by Crippen LogP contribution is 2.21. The number of hydrogen-bond donors (Lipinski definition) is 0. The predicted octanol–water partition coefficient (Wildman–Crippen LogP) is 14.7. The molecule has 0 rings (SSSR count). The third-order valence-corrected chi connectivity index (χ3v) is 13.1. The summed E-state index contributed by atoms with van der Waals surface area (Å²) in [5.41, 5.74) is 0. The van der Waals surface area contributed by atoms with Crippen LogP contribution < -0.4 is 12.4 Å². The number of unbranched alkanes of at least 4 members (excludes halogenated alkanes) is 37. The van der Waals surface area contributed by atoms with E-state index in [2.05, 4.69) is 20.8 Å². The SMILES string of the molecule is CCCCCCCCCCCCCCCCCCOC(=O)C(CCC(=O)OC(CCCCCCCCCCCCCC)CCCCCCCCCCCCCC)[N+](C)(C)C.[Cl-]. The fourth-order valence-corrected chi connectivity index (χ4v) is 8.93. The maximum absolute atomic E-state index is 13.3. The van der Waals surface area contributed by atoms with Crippen molar-refractivity contribution < 1.29 is 36.0 Å². The van der Waals surface area contributed by atoms with Crippen molar-refractivity contribution in [2.24, 2.45) is 0 Å². The number of esters is 2. The molecule has 0 aliphatic carbocycles. The van der Waals surface area contributed by atoms with E-state index in [9.17, 15) is 9.59 Å². The first kappa shape index (κ1) is 62.3. The zero-order valence-corrected chi connectivity index (χ0v) is 43.2. The lowest BCUT2D eigenvalue weighted by molar-refractivity contribution is -0.887. The maximum atomic E-state index is 13.3. The van der Waals surface area contributed by atoms with Gasteiger partial charge in [-0.3, -0.25) is 4.79 Å². The van der Waals surface area contributed by atoms with Crippen LogP contribution in [0.25, 0.3) is 0 Å². The van der Waals surface area contributed by atoms with E-state index in [1.165, 1.54) is 231 Å². The largest absolute Gasteiger partial charge is 1.00 e. The van der Waals surface area contributed by atoms with E-state index in [0.29, 0.717) is 17.5 Å². The van der Waals surface area contributed by atoms with Crippen molar-refractivity contribution in [1.82, 2.24) is 0 Å². The Morgan fingerprint density at radius 1 is 0.377 bits per heavy atom. The van der Waals surface area contributed by atoms with E-state index in [-0.39, 0.29) is 42.9 Å². The van der Waals surface area contributed by atoms with Crippen LogP contribution >= 0.6 is 0 Å². The first-order valence-electron chi connectivity index (χ1n) is 27.4. The minimum absolute atomic E-state index is 0. The summed E-state index contributed by atoms with van der Waals surface area (Å²) in [6, 6.07) is -0.357. The molecule has 0 radical (unpaired) electrons. The molecule has 366 valence electrons. The zero-order chi connectivity index (χ0) is 44.0. The number of hydrogen-bond acceptors (Lipinski definition) is 4. The molecule has 0 saturated carbocycles. The molecule has 0 aliphatic heterocycles. The second kappa shape index (κ2) is 48.6. The van der Waals surface area contributed by atoms with E-state index in [1.807, 2.05) is 21.1 Å². The molecule has 1 unspecified atom stereocenters. The van der Waals surface area contributed by atoms with Gasteiger partial charge in [0, 0.05) is 6.42 Å². The number of nitrogens with zero attached hydrogens (tertiary/aromatic N) is 1. The summed E-state index contributed by atoms with van der Waals surface area (Å²) in [6.07, 6.45) is 56.2. The molecule has 0 aromatic rings. The standard InChI is InChI=1S/C55H110NO4.ClH/c1-7-10-13-16-19-22-25-28-29-30-31-34-37-40-43-46-51-59-55(58)53(56(4,5)6)49-50-54(57)60-52(47-44-41-38-35-32-26-23-20-17-14-11-8-2)48-45-42-39-36-33-27-24-21-18-15-12-9-3;/h52-53H,7-51H2,1-6H3;1H/q+1;/p-1. The van der Waals surface area contributed by atoms with Crippen molar-refractivity contribution in [3.05, 3.63) is 0 Å². The van der Waals surface area contributed by atoms with Gasteiger partial charge in [-0.1, -0.05) is 258 Å². The topological polar surface area (TPSA) is 52.6 Å². The summed E-state index contributed by atoms with van der Waals surface area (Å²) in [6.45, 7) is 7.35. The van der Waals surface area contributed by atoms with Gasteiger partial charge < -0.3 is 26.4 Å². The van der Waals surface area contributed by atoms with Crippen LogP contribution in [0, 0.1) is 0 Å². The van der Waals surface area contributed by atoms with Gasteiger partial charge >= 0.3 is 11.9 Å². The first-order valence-corrected chi connectivity index (χ1v) is 27.4. The van der Waals surface area contributed by atoms with Gasteiger partial charge in [-0.15, -0.1) is 0 Å². The molecule has 0 fully saturated rings. The average molecular weight is 885 g/mol. The van der Waals surface area contributed by atoms with Crippen molar-refractivity contribution in [3.63, 3.8) is 0 Å². The Bertz CT molecular complexity index is 864. The normalized spacial score (nSPS) is 12.2. The monoisotopic (exact) mass is 884 g/mol. The summed E-state index contributed by atoms with van der Waals surface area (Å²) in [4.78, 5) is 26.6. The Morgan fingerprint density at radius 3 is 0.918 bits per heavy atom. The highest BCUT2D eigenvalue weighted by molar-refractivity contribution is 5.76.